The highest BCUT2D eigenvalue weighted by Gasteiger charge is 2.27. The summed E-state index contributed by atoms with van der Waals surface area (Å²) in [5, 5.41) is 20.4. The zero-order valence-corrected chi connectivity index (χ0v) is 21.6. The van der Waals surface area contributed by atoms with Crippen molar-refractivity contribution >= 4 is 61.0 Å². The Labute approximate surface area is 217 Å². The highest BCUT2D eigenvalue weighted by atomic mass is 79.9. The second kappa shape index (κ2) is 12.1. The lowest BCUT2D eigenvalue weighted by Gasteiger charge is -2.15. The van der Waals surface area contributed by atoms with Gasteiger partial charge in [-0.2, -0.15) is 0 Å². The fourth-order valence-corrected chi connectivity index (χ4v) is 5.00. The van der Waals surface area contributed by atoms with E-state index >= 15 is 0 Å². The van der Waals surface area contributed by atoms with Gasteiger partial charge in [-0.05, 0) is 58.3 Å². The molecule has 4 rings (SSSR count). The number of hydrogen-bond acceptors (Lipinski definition) is 6. The van der Waals surface area contributed by atoms with Crippen molar-refractivity contribution in [1.82, 2.24) is 14.1 Å². The number of carbonyl (C=O) groups is 2. The predicted molar refractivity (Wildman–Crippen MR) is 135 cm³/mol. The Balaban J connectivity index is 0.000000509. The quantitative estimate of drug-likeness (QED) is 0.226. The molecule has 0 aliphatic carbocycles. The first-order valence-corrected chi connectivity index (χ1v) is 12.7. The van der Waals surface area contributed by atoms with E-state index in [2.05, 4.69) is 25.7 Å². The van der Waals surface area contributed by atoms with Crippen LogP contribution < -0.4 is 0 Å². The minimum Gasteiger partial charge on any atom is -0.611 e. The van der Waals surface area contributed by atoms with Crippen LogP contribution >= 0.6 is 27.5 Å². The topological polar surface area (TPSA) is 130 Å². The van der Waals surface area contributed by atoms with Gasteiger partial charge in [0, 0.05) is 29.4 Å². The summed E-state index contributed by atoms with van der Waals surface area (Å²) in [5.74, 6) is -1.18. The van der Waals surface area contributed by atoms with Gasteiger partial charge < -0.3 is 28.6 Å². The highest BCUT2D eigenvalue weighted by molar-refractivity contribution is 9.10. The van der Waals surface area contributed by atoms with Crippen LogP contribution in [-0.2, 0) is 28.3 Å². The first-order valence-electron chi connectivity index (χ1n) is 10.2. The van der Waals surface area contributed by atoms with Crippen molar-refractivity contribution in [3.63, 3.8) is 0 Å². The van der Waals surface area contributed by atoms with E-state index in [1.807, 2.05) is 6.07 Å². The number of rotatable bonds is 7. The average Bonchev–Trinajstić information content (AvgIpc) is 3.42. The van der Waals surface area contributed by atoms with Crippen LogP contribution in [0.5, 0.6) is 5.75 Å². The van der Waals surface area contributed by atoms with Gasteiger partial charge in [0.15, 0.2) is 10.6 Å². The number of phenols is 1. The number of carbonyl (C=O) groups excluding carboxylic acids is 1. The Morgan fingerprint density at radius 3 is 2.51 bits per heavy atom. The number of carboxylic acid groups (broad SMARTS) is 1. The standard InChI is InChI=1S/C20H16BrN3O4S.C3H5ClO2/c21-15-9-16-14(8-18(15)25)19(20(26)27)17(24(16)12-23-7-6-22-11-23)10-29(28)13-4-2-1-3-5-13;1-2-6-3(4)5/h1-9,11,25H,10,12H2,(H,26,27);2H2,1H3. The van der Waals surface area contributed by atoms with E-state index in [0.717, 1.165) is 0 Å². The summed E-state index contributed by atoms with van der Waals surface area (Å²) in [6.45, 7) is 2.34. The van der Waals surface area contributed by atoms with Gasteiger partial charge in [-0.1, -0.05) is 18.2 Å². The molecule has 9 nitrogen and oxygen atoms in total. The summed E-state index contributed by atoms with van der Waals surface area (Å²) in [5.41, 5.74) is 0.325. The maximum Gasteiger partial charge on any atom is 0.403 e. The molecule has 0 aliphatic rings. The largest absolute Gasteiger partial charge is 0.611 e. The van der Waals surface area contributed by atoms with Crippen LogP contribution in [0.3, 0.4) is 0 Å². The Bertz CT molecular complexity index is 1310. The van der Waals surface area contributed by atoms with E-state index < -0.39 is 22.6 Å². The van der Waals surface area contributed by atoms with Gasteiger partial charge in [0.25, 0.3) is 0 Å². The average molecular weight is 583 g/mol. The number of benzene rings is 2. The monoisotopic (exact) mass is 581 g/mol. The lowest BCUT2D eigenvalue weighted by atomic mass is 10.1. The summed E-state index contributed by atoms with van der Waals surface area (Å²) in [6, 6.07) is 12.0. The Hall–Kier alpha value is -2.99. The van der Waals surface area contributed by atoms with Gasteiger partial charge in [-0.3, -0.25) is 0 Å². The Kier molecular flexibility index (Phi) is 9.21. The van der Waals surface area contributed by atoms with Crippen molar-refractivity contribution in [1.29, 1.82) is 0 Å². The van der Waals surface area contributed by atoms with Gasteiger partial charge in [-0.15, -0.1) is 0 Å². The number of ether oxygens (including phenoxy) is 1. The second-order valence-corrected chi connectivity index (χ2v) is 9.68. The van der Waals surface area contributed by atoms with Gasteiger partial charge in [0.05, 0.1) is 34.2 Å². The molecule has 35 heavy (non-hydrogen) atoms. The van der Waals surface area contributed by atoms with Crippen molar-refractivity contribution in [3.8, 4) is 5.75 Å². The maximum atomic E-state index is 13.0. The first kappa shape index (κ1) is 26.6. The van der Waals surface area contributed by atoms with Crippen molar-refractivity contribution in [3.05, 3.63) is 76.9 Å². The van der Waals surface area contributed by atoms with Gasteiger partial charge in [-0.25, -0.2) is 14.6 Å². The number of hydrogen-bond donors (Lipinski definition) is 2. The number of fused-ring (bicyclic) bond motifs is 1. The van der Waals surface area contributed by atoms with Gasteiger partial charge >= 0.3 is 11.4 Å². The summed E-state index contributed by atoms with van der Waals surface area (Å²) in [7, 11) is 0. The zero-order valence-electron chi connectivity index (χ0n) is 18.4. The number of carboxylic acids is 1. The third-order valence-corrected chi connectivity index (χ3v) is 6.93. The third-order valence-electron chi connectivity index (χ3n) is 4.85. The number of aromatic hydroxyl groups is 1. The van der Waals surface area contributed by atoms with E-state index in [0.29, 0.717) is 39.2 Å². The van der Waals surface area contributed by atoms with Crippen LogP contribution in [-0.4, -0.2) is 46.9 Å². The van der Waals surface area contributed by atoms with Crippen molar-refractivity contribution in [2.24, 2.45) is 0 Å². The Morgan fingerprint density at radius 1 is 1.26 bits per heavy atom. The molecule has 0 spiro atoms. The lowest BCUT2D eigenvalue weighted by molar-refractivity contribution is 0.0697. The molecular formula is C23H21BrClN3O6S. The normalized spacial score (nSPS) is 11.5. The molecule has 2 heterocycles. The molecule has 0 fully saturated rings. The van der Waals surface area contributed by atoms with Crippen molar-refractivity contribution in [2.45, 2.75) is 24.2 Å². The molecule has 0 aliphatic heterocycles. The molecule has 2 N–H and O–H groups in total. The lowest BCUT2D eigenvalue weighted by Crippen LogP contribution is -2.16. The number of nitrogens with zero attached hydrogens (tertiary/aromatic N) is 3. The van der Waals surface area contributed by atoms with Crippen LogP contribution in [0.1, 0.15) is 23.0 Å². The SMILES string of the molecule is CCOC(=O)Cl.O=C(O)c1c(C[S+]([O-])c2ccccc2)n(Cn2ccnc2)c2cc(Br)c(O)cc12. The molecule has 2 aromatic carbocycles. The number of aromatic carboxylic acids is 1. The van der Waals surface area contributed by atoms with Crippen LogP contribution in [0.4, 0.5) is 4.79 Å². The van der Waals surface area contributed by atoms with E-state index in [-0.39, 0.29) is 17.1 Å². The van der Waals surface area contributed by atoms with Crippen LogP contribution in [0.25, 0.3) is 10.9 Å². The minimum absolute atomic E-state index is 0.0212. The van der Waals surface area contributed by atoms with Crippen molar-refractivity contribution < 1.29 is 29.1 Å². The molecule has 0 saturated carbocycles. The smallest absolute Gasteiger partial charge is 0.403 e. The highest BCUT2D eigenvalue weighted by Crippen LogP contribution is 2.36. The molecular weight excluding hydrogens is 562 g/mol. The van der Waals surface area contributed by atoms with E-state index in [1.165, 1.54) is 6.07 Å². The maximum absolute atomic E-state index is 13.0. The Morgan fingerprint density at radius 2 is 1.97 bits per heavy atom. The van der Waals surface area contributed by atoms with Crippen molar-refractivity contribution in [2.75, 3.05) is 6.61 Å². The first-order chi connectivity index (χ1) is 16.7. The number of phenolic OH excluding ortho intramolecular Hbond substituents is 1. The van der Waals surface area contributed by atoms with Crippen LogP contribution in [0.2, 0.25) is 0 Å². The predicted octanol–water partition coefficient (Wildman–Crippen LogP) is 5.20. The van der Waals surface area contributed by atoms with Gasteiger partial charge in [0.2, 0.25) is 0 Å². The molecule has 4 aromatic rings. The zero-order chi connectivity index (χ0) is 25.5. The summed E-state index contributed by atoms with van der Waals surface area (Å²) >= 11 is 6.57. The molecule has 0 amide bonds. The number of halogens is 2. The minimum atomic E-state index is -1.44. The van der Waals surface area contributed by atoms with Crippen LogP contribution in [0.15, 0.2) is 70.6 Å². The fraction of sp³-hybridized carbons (Fsp3) is 0.174. The third kappa shape index (κ3) is 6.57. The number of imidazole rings is 1. The van der Waals surface area contributed by atoms with E-state index in [1.54, 1.807) is 65.1 Å². The summed E-state index contributed by atoms with van der Waals surface area (Å²) < 4.78 is 21.2. The molecule has 2 aromatic heterocycles. The summed E-state index contributed by atoms with van der Waals surface area (Å²) in [6.07, 6.45) is 5.02. The molecule has 184 valence electrons. The van der Waals surface area contributed by atoms with Crippen LogP contribution in [0, 0.1) is 0 Å². The molecule has 1 atom stereocenters. The molecule has 0 saturated heterocycles. The fourth-order valence-electron chi connectivity index (χ4n) is 3.39. The molecule has 0 bridgehead atoms. The number of aromatic nitrogens is 3. The van der Waals surface area contributed by atoms with E-state index in [4.69, 9.17) is 11.6 Å². The van der Waals surface area contributed by atoms with Gasteiger partial charge in [0.1, 0.15) is 12.4 Å². The molecule has 0 radical (unpaired) electrons. The van der Waals surface area contributed by atoms with E-state index in [9.17, 15) is 24.4 Å². The molecule has 1 unspecified atom stereocenters. The second-order valence-electron chi connectivity index (χ2n) is 7.07. The summed E-state index contributed by atoms with van der Waals surface area (Å²) in [4.78, 5) is 26.4. The molecule has 12 heteroatoms.